The van der Waals surface area contributed by atoms with Gasteiger partial charge in [0.2, 0.25) is 11.8 Å². The lowest BCUT2D eigenvalue weighted by atomic mass is 9.87. The van der Waals surface area contributed by atoms with Gasteiger partial charge in [-0.3, -0.25) is 4.79 Å². The largest absolute Gasteiger partial charge is 0.372 e. The lowest BCUT2D eigenvalue weighted by molar-refractivity contribution is -0.134. The molecule has 0 unspecified atom stereocenters. The summed E-state index contributed by atoms with van der Waals surface area (Å²) in [5.41, 5.74) is 0.679. The quantitative estimate of drug-likeness (QED) is 0.756. The van der Waals surface area contributed by atoms with Gasteiger partial charge >= 0.3 is 0 Å². The molecular formula is C20H27N5O3S. The zero-order valence-corrected chi connectivity index (χ0v) is 17.8. The Balaban J connectivity index is 1.21. The van der Waals surface area contributed by atoms with Gasteiger partial charge in [-0.1, -0.05) is 0 Å². The maximum Gasteiger partial charge on any atom is 0.266 e. The first-order valence-corrected chi connectivity index (χ1v) is 11.3. The Kier molecular flexibility index (Phi) is 4.82. The highest BCUT2D eigenvalue weighted by molar-refractivity contribution is 7.11. The summed E-state index contributed by atoms with van der Waals surface area (Å²) < 4.78 is 11.7. The molecule has 0 radical (unpaired) electrons. The SMILES string of the molecule is Cc1nc(CN2CCOC3(CCN(c4noc(C5CC5)n4)CC3)CC2=O)sc1C. The zero-order valence-electron chi connectivity index (χ0n) is 17.0. The number of aryl methyl sites for hydroxylation is 2. The third kappa shape index (κ3) is 3.90. The van der Waals surface area contributed by atoms with Gasteiger partial charge in [-0.25, -0.2) is 4.98 Å². The molecule has 9 heteroatoms. The lowest BCUT2D eigenvalue weighted by Crippen LogP contribution is -2.47. The molecule has 3 fully saturated rings. The van der Waals surface area contributed by atoms with E-state index in [2.05, 4.69) is 26.9 Å². The van der Waals surface area contributed by atoms with Crippen LogP contribution in [0.5, 0.6) is 0 Å². The molecular weight excluding hydrogens is 390 g/mol. The molecule has 1 aliphatic carbocycles. The molecule has 0 aromatic carbocycles. The second-order valence-corrected chi connectivity index (χ2v) is 9.75. The van der Waals surface area contributed by atoms with Crippen molar-refractivity contribution in [2.45, 2.75) is 64.0 Å². The van der Waals surface area contributed by atoms with Gasteiger partial charge in [0.25, 0.3) is 5.95 Å². The Morgan fingerprint density at radius 3 is 2.66 bits per heavy atom. The van der Waals surface area contributed by atoms with Crippen molar-refractivity contribution >= 4 is 23.2 Å². The molecule has 2 saturated heterocycles. The van der Waals surface area contributed by atoms with Crippen molar-refractivity contribution in [3.8, 4) is 0 Å². The number of carbonyl (C=O) groups excluding carboxylic acids is 1. The van der Waals surface area contributed by atoms with Gasteiger partial charge in [-0.15, -0.1) is 11.3 Å². The van der Waals surface area contributed by atoms with Crippen molar-refractivity contribution < 1.29 is 14.1 Å². The van der Waals surface area contributed by atoms with E-state index in [0.717, 1.165) is 55.4 Å². The van der Waals surface area contributed by atoms with Crippen LogP contribution < -0.4 is 4.90 Å². The molecule has 2 aromatic rings. The number of hydrogen-bond donors (Lipinski definition) is 0. The Bertz CT molecular complexity index is 878. The first kappa shape index (κ1) is 19.0. The summed E-state index contributed by atoms with van der Waals surface area (Å²) in [5.74, 6) is 2.07. The van der Waals surface area contributed by atoms with Crippen LogP contribution >= 0.6 is 11.3 Å². The number of thiazole rings is 1. The highest BCUT2D eigenvalue weighted by Gasteiger charge is 2.41. The molecule has 156 valence electrons. The zero-order chi connectivity index (χ0) is 20.0. The number of piperidine rings is 1. The van der Waals surface area contributed by atoms with E-state index in [-0.39, 0.29) is 11.5 Å². The van der Waals surface area contributed by atoms with Crippen LogP contribution in [0.4, 0.5) is 5.95 Å². The first-order chi connectivity index (χ1) is 14.0. The highest BCUT2D eigenvalue weighted by atomic mass is 32.1. The Hall–Kier alpha value is -2.00. The van der Waals surface area contributed by atoms with Gasteiger partial charge in [0, 0.05) is 30.4 Å². The number of anilines is 1. The molecule has 0 atom stereocenters. The fourth-order valence-corrected chi connectivity index (χ4v) is 5.11. The standard InChI is InChI=1S/C20H27N5O3S/c1-13-14(2)29-16(21-13)12-25-9-10-27-20(11-17(25)26)5-7-24(8-6-20)19-22-18(28-23-19)15-3-4-15/h15H,3-12H2,1-2H3. The van der Waals surface area contributed by atoms with Crippen LogP contribution in [-0.4, -0.2) is 57.8 Å². The average molecular weight is 418 g/mol. The van der Waals surface area contributed by atoms with Gasteiger partial charge in [-0.2, -0.15) is 4.98 Å². The van der Waals surface area contributed by atoms with Gasteiger partial charge < -0.3 is 19.1 Å². The van der Waals surface area contributed by atoms with Crippen LogP contribution in [0.1, 0.15) is 59.5 Å². The van der Waals surface area contributed by atoms with E-state index in [4.69, 9.17) is 9.26 Å². The molecule has 2 aliphatic heterocycles. The second-order valence-electron chi connectivity index (χ2n) is 8.47. The van der Waals surface area contributed by atoms with Crippen LogP contribution in [0.2, 0.25) is 0 Å². The van der Waals surface area contributed by atoms with Crippen LogP contribution in [-0.2, 0) is 16.1 Å². The van der Waals surface area contributed by atoms with Crippen molar-refractivity contribution in [1.82, 2.24) is 20.0 Å². The molecule has 4 heterocycles. The summed E-state index contributed by atoms with van der Waals surface area (Å²) in [5, 5.41) is 5.16. The topological polar surface area (TPSA) is 84.6 Å². The predicted molar refractivity (Wildman–Crippen MR) is 108 cm³/mol. The third-order valence-corrected chi connectivity index (χ3v) is 7.37. The van der Waals surface area contributed by atoms with Crippen LogP contribution in [0.25, 0.3) is 0 Å². The molecule has 3 aliphatic rings. The average Bonchev–Trinajstić information content (AvgIpc) is 3.38. The van der Waals surface area contributed by atoms with Crippen molar-refractivity contribution in [1.29, 1.82) is 0 Å². The smallest absolute Gasteiger partial charge is 0.266 e. The fraction of sp³-hybridized carbons (Fsp3) is 0.700. The third-order valence-electron chi connectivity index (χ3n) is 6.31. The molecule has 0 bridgehead atoms. The van der Waals surface area contributed by atoms with Crippen molar-refractivity contribution in [3.63, 3.8) is 0 Å². The number of ether oxygens (including phenoxy) is 1. The van der Waals surface area contributed by atoms with Crippen LogP contribution in [0.3, 0.4) is 0 Å². The maximum absolute atomic E-state index is 13.0. The normalized spacial score (nSPS) is 22.3. The summed E-state index contributed by atoms with van der Waals surface area (Å²) in [6.07, 6.45) is 4.34. The number of amides is 1. The molecule has 29 heavy (non-hydrogen) atoms. The van der Waals surface area contributed by atoms with E-state index >= 15 is 0 Å². The van der Waals surface area contributed by atoms with Crippen molar-refractivity contribution in [2.75, 3.05) is 31.1 Å². The Morgan fingerprint density at radius 2 is 1.97 bits per heavy atom. The van der Waals surface area contributed by atoms with E-state index in [9.17, 15) is 4.79 Å². The summed E-state index contributed by atoms with van der Waals surface area (Å²) in [7, 11) is 0. The molecule has 2 aromatic heterocycles. The maximum atomic E-state index is 13.0. The van der Waals surface area contributed by atoms with E-state index in [1.807, 2.05) is 11.8 Å². The number of hydrogen-bond acceptors (Lipinski definition) is 8. The number of nitrogens with zero attached hydrogens (tertiary/aromatic N) is 5. The lowest BCUT2D eigenvalue weighted by Gasteiger charge is -2.39. The molecule has 8 nitrogen and oxygen atoms in total. The van der Waals surface area contributed by atoms with Crippen molar-refractivity contribution in [2.24, 2.45) is 0 Å². The highest BCUT2D eigenvalue weighted by Crippen LogP contribution is 2.40. The minimum Gasteiger partial charge on any atom is -0.372 e. The van der Waals surface area contributed by atoms with Crippen LogP contribution in [0.15, 0.2) is 4.52 Å². The molecule has 5 rings (SSSR count). The fourth-order valence-electron chi connectivity index (χ4n) is 4.16. The van der Waals surface area contributed by atoms with Crippen molar-refractivity contribution in [3.05, 3.63) is 21.5 Å². The Labute approximate surface area is 174 Å². The Morgan fingerprint density at radius 1 is 1.17 bits per heavy atom. The predicted octanol–water partition coefficient (Wildman–Crippen LogP) is 2.81. The van der Waals surface area contributed by atoms with Crippen LogP contribution in [0, 0.1) is 13.8 Å². The minimum absolute atomic E-state index is 0.164. The molecule has 1 amide bonds. The minimum atomic E-state index is -0.375. The second kappa shape index (κ2) is 7.36. The summed E-state index contributed by atoms with van der Waals surface area (Å²) in [6, 6.07) is 0. The number of aromatic nitrogens is 3. The summed E-state index contributed by atoms with van der Waals surface area (Å²) in [4.78, 5) is 27.4. The molecule has 1 spiro atoms. The molecule has 1 saturated carbocycles. The van der Waals surface area contributed by atoms with E-state index < -0.39 is 0 Å². The van der Waals surface area contributed by atoms with Gasteiger partial charge in [-0.05, 0) is 44.7 Å². The first-order valence-electron chi connectivity index (χ1n) is 10.4. The van der Waals surface area contributed by atoms with E-state index in [1.54, 1.807) is 11.3 Å². The van der Waals surface area contributed by atoms with Gasteiger partial charge in [0.05, 0.1) is 30.9 Å². The van der Waals surface area contributed by atoms with Gasteiger partial charge in [0.15, 0.2) is 0 Å². The van der Waals surface area contributed by atoms with E-state index in [0.29, 0.717) is 38.0 Å². The summed E-state index contributed by atoms with van der Waals surface area (Å²) >= 11 is 1.67. The molecule has 0 N–H and O–H groups in total. The van der Waals surface area contributed by atoms with E-state index in [1.165, 1.54) is 4.88 Å². The monoisotopic (exact) mass is 417 g/mol. The van der Waals surface area contributed by atoms with Gasteiger partial charge in [0.1, 0.15) is 5.01 Å². The number of carbonyl (C=O) groups is 1. The summed E-state index contributed by atoms with van der Waals surface area (Å²) in [6.45, 7) is 7.42. The number of rotatable bonds is 4.